The van der Waals surface area contributed by atoms with E-state index in [1.54, 1.807) is 18.2 Å². The third kappa shape index (κ3) is 4.50. The van der Waals surface area contributed by atoms with Crippen LogP contribution in [0.25, 0.3) is 0 Å². The van der Waals surface area contributed by atoms with Crippen LogP contribution in [0.1, 0.15) is 24.5 Å². The molecule has 5 nitrogen and oxygen atoms in total. The molecule has 1 N–H and O–H groups in total. The average Bonchev–Trinajstić information content (AvgIpc) is 3.01. The van der Waals surface area contributed by atoms with Crippen LogP contribution in [0.3, 0.4) is 0 Å². The lowest BCUT2D eigenvalue weighted by atomic mass is 10.1. The van der Waals surface area contributed by atoms with Crippen LogP contribution >= 0.6 is 11.6 Å². The number of anilines is 1. The Labute approximate surface area is 171 Å². The first-order valence-corrected chi connectivity index (χ1v) is 10.5. The largest absolute Gasteiger partial charge is 0.416 e. The van der Waals surface area contributed by atoms with E-state index in [2.05, 4.69) is 4.72 Å². The fraction of sp³-hybridized carbons (Fsp3) is 0.316. The van der Waals surface area contributed by atoms with Crippen molar-refractivity contribution < 1.29 is 21.6 Å². The molecule has 1 fully saturated rings. The normalized spacial score (nSPS) is 19.9. The summed E-state index contributed by atoms with van der Waals surface area (Å²) in [5.74, 6) is 0. The summed E-state index contributed by atoms with van der Waals surface area (Å²) in [6.45, 7) is 2.41. The van der Waals surface area contributed by atoms with E-state index in [1.807, 2.05) is 17.9 Å². The van der Waals surface area contributed by atoms with Gasteiger partial charge in [-0.1, -0.05) is 11.6 Å². The smallest absolute Gasteiger partial charge is 0.367 e. The predicted octanol–water partition coefficient (Wildman–Crippen LogP) is 4.18. The lowest BCUT2D eigenvalue weighted by Crippen LogP contribution is -2.43. The molecule has 0 bridgehead atoms. The van der Waals surface area contributed by atoms with Crippen LogP contribution in [0, 0.1) is 11.3 Å². The second kappa shape index (κ2) is 7.86. The Morgan fingerprint density at radius 2 is 1.86 bits per heavy atom. The Kier molecular flexibility index (Phi) is 5.81. The lowest BCUT2D eigenvalue weighted by molar-refractivity contribution is -0.137. The minimum Gasteiger partial charge on any atom is -0.367 e. The van der Waals surface area contributed by atoms with Crippen LogP contribution in [0.15, 0.2) is 47.4 Å². The van der Waals surface area contributed by atoms with Crippen molar-refractivity contribution in [3.63, 3.8) is 0 Å². The molecule has 2 aromatic rings. The van der Waals surface area contributed by atoms with Gasteiger partial charge in [0.2, 0.25) is 10.0 Å². The van der Waals surface area contributed by atoms with Gasteiger partial charge >= 0.3 is 6.18 Å². The molecule has 1 aliphatic heterocycles. The van der Waals surface area contributed by atoms with Gasteiger partial charge < -0.3 is 4.90 Å². The maximum Gasteiger partial charge on any atom is 0.416 e. The third-order valence-electron chi connectivity index (χ3n) is 4.96. The number of hydrogen-bond acceptors (Lipinski definition) is 4. The van der Waals surface area contributed by atoms with Crippen LogP contribution in [-0.4, -0.2) is 27.0 Å². The highest BCUT2D eigenvalue weighted by Gasteiger charge is 2.35. The molecule has 1 heterocycles. The van der Waals surface area contributed by atoms with Crippen LogP contribution in [0.2, 0.25) is 5.02 Å². The summed E-state index contributed by atoms with van der Waals surface area (Å²) in [6.07, 6.45) is -4.02. The molecule has 0 spiro atoms. The Balaban J connectivity index is 1.75. The highest BCUT2D eigenvalue weighted by atomic mass is 35.5. The van der Waals surface area contributed by atoms with E-state index in [4.69, 9.17) is 16.9 Å². The zero-order chi connectivity index (χ0) is 21.4. The fourth-order valence-electron chi connectivity index (χ4n) is 3.33. The predicted molar refractivity (Wildman–Crippen MR) is 103 cm³/mol. The minimum absolute atomic E-state index is 0.219. The van der Waals surface area contributed by atoms with Gasteiger partial charge in [0.05, 0.1) is 21.0 Å². The quantitative estimate of drug-likeness (QED) is 0.769. The summed E-state index contributed by atoms with van der Waals surface area (Å²) >= 11 is 6.08. The Morgan fingerprint density at radius 3 is 2.41 bits per heavy atom. The molecule has 1 saturated heterocycles. The average molecular weight is 444 g/mol. The molecule has 2 atom stereocenters. The van der Waals surface area contributed by atoms with Crippen molar-refractivity contribution in [2.75, 3.05) is 11.4 Å². The van der Waals surface area contributed by atoms with Crippen molar-refractivity contribution in [1.82, 2.24) is 4.72 Å². The van der Waals surface area contributed by atoms with E-state index in [0.717, 1.165) is 30.0 Å². The number of nitrogens with one attached hydrogen (secondary N) is 1. The van der Waals surface area contributed by atoms with Gasteiger partial charge in [-0.05, 0) is 55.8 Å². The molecule has 10 heteroatoms. The molecular weight excluding hydrogens is 427 g/mol. The number of benzene rings is 2. The van der Waals surface area contributed by atoms with Crippen molar-refractivity contribution in [2.24, 2.45) is 0 Å². The molecule has 3 rings (SSSR count). The van der Waals surface area contributed by atoms with E-state index in [-0.39, 0.29) is 10.9 Å². The standard InChI is InChI=1S/C19H17ClF3N3O2S/c1-12-18(8-9-26(12)15-5-2-13(11-24)17(20)10-15)25-29(27,28)16-6-3-14(4-7-16)19(21,22)23/h2-7,10,12,18,25H,8-9H2,1H3/t12-,18+/m0/s1. The molecule has 2 aromatic carbocycles. The van der Waals surface area contributed by atoms with Gasteiger partial charge in [-0.2, -0.15) is 18.4 Å². The van der Waals surface area contributed by atoms with Gasteiger partial charge in [0, 0.05) is 24.3 Å². The van der Waals surface area contributed by atoms with Crippen molar-refractivity contribution >= 4 is 27.3 Å². The van der Waals surface area contributed by atoms with Gasteiger partial charge in [-0.3, -0.25) is 0 Å². The molecule has 0 unspecified atom stereocenters. The Morgan fingerprint density at radius 1 is 1.21 bits per heavy atom. The number of nitrogens with zero attached hydrogens (tertiary/aromatic N) is 2. The van der Waals surface area contributed by atoms with Crippen molar-refractivity contribution in [1.29, 1.82) is 5.26 Å². The summed E-state index contributed by atoms with van der Waals surface area (Å²) in [5, 5.41) is 9.29. The molecule has 1 aliphatic rings. The topological polar surface area (TPSA) is 73.2 Å². The van der Waals surface area contributed by atoms with Crippen LogP contribution < -0.4 is 9.62 Å². The van der Waals surface area contributed by atoms with Crippen LogP contribution in [0.5, 0.6) is 0 Å². The molecule has 0 saturated carbocycles. The molecule has 29 heavy (non-hydrogen) atoms. The number of alkyl halides is 3. The summed E-state index contributed by atoms with van der Waals surface area (Å²) in [6, 6.07) is 9.72. The van der Waals surface area contributed by atoms with Gasteiger partial charge in [0.15, 0.2) is 0 Å². The zero-order valence-electron chi connectivity index (χ0n) is 15.2. The summed E-state index contributed by atoms with van der Waals surface area (Å²) in [5.41, 5.74) is 0.203. The first-order chi connectivity index (χ1) is 13.5. The summed E-state index contributed by atoms with van der Waals surface area (Å²) in [7, 11) is -3.98. The molecule has 0 radical (unpaired) electrons. The first kappa shape index (κ1) is 21.4. The van der Waals surface area contributed by atoms with E-state index in [0.29, 0.717) is 23.6 Å². The monoisotopic (exact) mass is 443 g/mol. The highest BCUT2D eigenvalue weighted by Crippen LogP contribution is 2.31. The fourth-order valence-corrected chi connectivity index (χ4v) is 4.89. The number of halogens is 4. The van der Waals surface area contributed by atoms with Crippen LogP contribution in [0.4, 0.5) is 18.9 Å². The Bertz CT molecular complexity index is 1050. The summed E-state index contributed by atoms with van der Waals surface area (Å²) in [4.78, 5) is 1.74. The van der Waals surface area contributed by atoms with E-state index in [1.165, 1.54) is 0 Å². The molecular formula is C19H17ClF3N3O2S. The van der Waals surface area contributed by atoms with Gasteiger partial charge in [0.25, 0.3) is 0 Å². The second-order valence-corrected chi connectivity index (χ2v) is 8.87. The molecule has 154 valence electrons. The van der Waals surface area contributed by atoms with E-state index < -0.39 is 27.8 Å². The van der Waals surface area contributed by atoms with Crippen molar-refractivity contribution in [3.05, 3.63) is 58.6 Å². The number of rotatable bonds is 4. The second-order valence-electron chi connectivity index (χ2n) is 6.75. The van der Waals surface area contributed by atoms with Crippen LogP contribution in [-0.2, 0) is 16.2 Å². The SMILES string of the molecule is C[C@H]1[C@H](NS(=O)(=O)c2ccc(C(F)(F)F)cc2)CCN1c1ccc(C#N)c(Cl)c1. The highest BCUT2D eigenvalue weighted by molar-refractivity contribution is 7.89. The van der Waals surface area contributed by atoms with Crippen molar-refractivity contribution in [2.45, 2.75) is 36.5 Å². The van der Waals surface area contributed by atoms with Crippen molar-refractivity contribution in [3.8, 4) is 6.07 Å². The van der Waals surface area contributed by atoms with Gasteiger partial charge in [0.1, 0.15) is 6.07 Å². The first-order valence-electron chi connectivity index (χ1n) is 8.69. The number of sulfonamides is 1. The molecule has 0 aromatic heterocycles. The lowest BCUT2D eigenvalue weighted by Gasteiger charge is -2.27. The Hall–Kier alpha value is -2.28. The van der Waals surface area contributed by atoms with Gasteiger partial charge in [-0.15, -0.1) is 0 Å². The van der Waals surface area contributed by atoms with E-state index in [9.17, 15) is 21.6 Å². The maximum absolute atomic E-state index is 12.7. The number of hydrogen-bond donors (Lipinski definition) is 1. The third-order valence-corrected chi connectivity index (χ3v) is 6.78. The maximum atomic E-state index is 12.7. The van der Waals surface area contributed by atoms with Gasteiger partial charge in [-0.25, -0.2) is 13.1 Å². The number of nitriles is 1. The minimum atomic E-state index is -4.53. The zero-order valence-corrected chi connectivity index (χ0v) is 16.8. The van der Waals surface area contributed by atoms with E-state index >= 15 is 0 Å². The molecule has 0 aliphatic carbocycles. The molecule has 0 amide bonds. The summed E-state index contributed by atoms with van der Waals surface area (Å²) < 4.78 is 65.8.